The highest BCUT2D eigenvalue weighted by Gasteiger charge is 2.60. The van der Waals surface area contributed by atoms with Gasteiger partial charge in [0.05, 0.1) is 17.5 Å². The van der Waals surface area contributed by atoms with Gasteiger partial charge in [-0.25, -0.2) is 14.6 Å². The first-order valence-electron chi connectivity index (χ1n) is 21.5. The average molecular weight is 881 g/mol. The van der Waals surface area contributed by atoms with E-state index in [0.29, 0.717) is 85.5 Å². The molecule has 18 heteroatoms. The molecule has 3 aromatic carbocycles. The van der Waals surface area contributed by atoms with Crippen LogP contribution in [-0.2, 0) is 14.4 Å². The van der Waals surface area contributed by atoms with Crippen LogP contribution in [-0.4, -0.2) is 129 Å². The number of fused-ring (bicyclic) bond motifs is 1. The van der Waals surface area contributed by atoms with E-state index in [0.717, 1.165) is 16.2 Å². The fourth-order valence-electron chi connectivity index (χ4n) is 9.41. The fraction of sp³-hybridized carbons (Fsp3) is 0.413. The van der Waals surface area contributed by atoms with E-state index in [1.54, 1.807) is 24.0 Å². The molecule has 0 radical (unpaired) electrons. The number of rotatable bonds is 14. The highest BCUT2D eigenvalue weighted by molar-refractivity contribution is 6.03. The summed E-state index contributed by atoms with van der Waals surface area (Å²) in [4.78, 5) is 64.2. The molecule has 8 rings (SSSR count). The first kappa shape index (κ1) is 44.2. The maximum atomic E-state index is 15.2. The van der Waals surface area contributed by atoms with Crippen molar-refractivity contribution >= 4 is 47.0 Å². The molecule has 3 aliphatic heterocycles. The molecule has 3 aliphatic rings. The Bertz CT molecular complexity index is 2480. The largest absolute Gasteiger partial charge is 0.457 e. The number of hydrogen-bond acceptors (Lipinski definition) is 12. The SMILES string of the molecule is CNC(=O)CCC(C=O)N(C=O)C(=O)c1ccc(N2CC(N3CCC(N4CCC(n5nc(-c6ccc(Oc7ccccc7)cc6)c6c(N)ncnc65)CC4)(C(F)(F)F)CC3)C2)cc1C. The van der Waals surface area contributed by atoms with Crippen molar-refractivity contribution < 1.29 is 37.1 Å². The zero-order valence-corrected chi connectivity index (χ0v) is 35.7. The summed E-state index contributed by atoms with van der Waals surface area (Å²) < 4.78 is 53.5. The van der Waals surface area contributed by atoms with Crippen molar-refractivity contribution in [3.05, 3.63) is 90.3 Å². The summed E-state index contributed by atoms with van der Waals surface area (Å²) in [5, 5.41) is 8.03. The quantitative estimate of drug-likeness (QED) is 0.129. The van der Waals surface area contributed by atoms with E-state index >= 15 is 13.2 Å². The van der Waals surface area contributed by atoms with Crippen LogP contribution in [0.2, 0.25) is 0 Å². The van der Waals surface area contributed by atoms with Crippen molar-refractivity contribution in [2.45, 2.75) is 75.3 Å². The maximum absolute atomic E-state index is 15.2. The lowest BCUT2D eigenvalue weighted by molar-refractivity contribution is -0.250. The minimum atomic E-state index is -4.42. The summed E-state index contributed by atoms with van der Waals surface area (Å²) in [6.45, 7) is 4.08. The number of aromatic nitrogens is 4. The Balaban J connectivity index is 0.885. The number of aldehydes is 1. The summed E-state index contributed by atoms with van der Waals surface area (Å²) in [5.74, 6) is 0.677. The number of nitrogens with zero attached hydrogens (tertiary/aromatic N) is 8. The van der Waals surface area contributed by atoms with Crippen molar-refractivity contribution in [2.75, 3.05) is 56.9 Å². The van der Waals surface area contributed by atoms with E-state index in [1.165, 1.54) is 13.4 Å². The van der Waals surface area contributed by atoms with Crippen LogP contribution in [0.15, 0.2) is 79.1 Å². The Morgan fingerprint density at radius 3 is 2.27 bits per heavy atom. The zero-order chi connectivity index (χ0) is 45.2. The lowest BCUT2D eigenvalue weighted by atomic mass is 9.82. The molecule has 0 saturated carbocycles. The Kier molecular flexibility index (Phi) is 12.7. The van der Waals surface area contributed by atoms with Crippen molar-refractivity contribution in [1.29, 1.82) is 0 Å². The van der Waals surface area contributed by atoms with Crippen molar-refractivity contribution in [2.24, 2.45) is 0 Å². The van der Waals surface area contributed by atoms with Gasteiger partial charge in [0.2, 0.25) is 12.3 Å². The van der Waals surface area contributed by atoms with Gasteiger partial charge in [-0.15, -0.1) is 0 Å². The van der Waals surface area contributed by atoms with E-state index in [4.69, 9.17) is 15.6 Å². The zero-order valence-electron chi connectivity index (χ0n) is 35.7. The van der Waals surface area contributed by atoms with Crippen LogP contribution in [0.25, 0.3) is 22.3 Å². The van der Waals surface area contributed by atoms with Crippen LogP contribution >= 0.6 is 0 Å². The monoisotopic (exact) mass is 880 g/mol. The van der Waals surface area contributed by atoms with Crippen LogP contribution in [0.4, 0.5) is 24.7 Å². The number of alkyl halides is 3. The van der Waals surface area contributed by atoms with E-state index < -0.39 is 23.7 Å². The third-order valence-electron chi connectivity index (χ3n) is 13.2. The number of para-hydroxylation sites is 1. The van der Waals surface area contributed by atoms with Crippen LogP contribution in [0.5, 0.6) is 11.5 Å². The lowest BCUT2D eigenvalue weighted by Gasteiger charge is -2.54. The van der Waals surface area contributed by atoms with Gasteiger partial charge in [-0.3, -0.25) is 29.1 Å². The van der Waals surface area contributed by atoms with Crippen LogP contribution < -0.4 is 20.7 Å². The van der Waals surface area contributed by atoms with Gasteiger partial charge < -0.3 is 25.5 Å². The number of nitrogens with one attached hydrogen (secondary N) is 1. The summed E-state index contributed by atoms with van der Waals surface area (Å²) in [7, 11) is 1.46. The molecule has 1 unspecified atom stereocenters. The number of nitrogen functional groups attached to an aromatic ring is 1. The Hall–Kier alpha value is -6.40. The van der Waals surface area contributed by atoms with Gasteiger partial charge in [-0.2, -0.15) is 18.3 Å². The number of nitrogens with two attached hydrogens (primary N) is 1. The molecule has 0 aliphatic carbocycles. The number of ether oxygens (including phenoxy) is 1. The molecule has 0 bridgehead atoms. The second kappa shape index (κ2) is 18.4. The standard InChI is InChI=1S/C46H51F3N10O5/c1-30-24-33(10-14-38(30)44(63)58(29-61)34(27-60)11-15-39(62)51-2)56-25-35(26-56)55-22-18-45(19-23-55,46(47,48)49)57-20-16-32(17-21-57)59-43-40(42(50)52-28-53-43)41(54-59)31-8-12-37(13-9-31)64-36-6-4-3-5-7-36/h3-10,12-14,24,27-29,32,34-35H,11,15-23,25-26H2,1-2H3,(H,51,62)(H2,50,52,53). The molecule has 2 aromatic heterocycles. The van der Waals surface area contributed by atoms with Gasteiger partial charge >= 0.3 is 6.18 Å². The van der Waals surface area contributed by atoms with Gasteiger partial charge in [0.25, 0.3) is 5.91 Å². The van der Waals surface area contributed by atoms with Gasteiger partial charge in [0, 0.05) is 75.6 Å². The number of carbonyl (C=O) groups excluding carboxylic acids is 4. The summed E-state index contributed by atoms with van der Waals surface area (Å²) in [6.07, 6.45) is -1.43. The number of imide groups is 1. The van der Waals surface area contributed by atoms with Crippen molar-refractivity contribution in [3.63, 3.8) is 0 Å². The molecule has 3 saturated heterocycles. The number of carbonyl (C=O) groups is 4. The number of halogens is 3. The smallest absolute Gasteiger partial charge is 0.406 e. The second-order valence-corrected chi connectivity index (χ2v) is 16.8. The number of piperidine rings is 2. The minimum Gasteiger partial charge on any atom is -0.457 e. The van der Waals surface area contributed by atoms with Crippen molar-refractivity contribution in [1.82, 2.24) is 39.8 Å². The Labute approximate surface area is 368 Å². The molecule has 64 heavy (non-hydrogen) atoms. The predicted molar refractivity (Wildman–Crippen MR) is 234 cm³/mol. The minimum absolute atomic E-state index is 0.000127. The normalized spacial score (nSPS) is 18.0. The van der Waals surface area contributed by atoms with E-state index in [1.807, 2.05) is 65.3 Å². The molecule has 15 nitrogen and oxygen atoms in total. The third-order valence-corrected chi connectivity index (χ3v) is 13.2. The van der Waals surface area contributed by atoms with E-state index in [-0.39, 0.29) is 68.1 Å². The molecule has 3 amide bonds. The Morgan fingerprint density at radius 1 is 0.953 bits per heavy atom. The molecule has 0 spiro atoms. The molecular weight excluding hydrogens is 830 g/mol. The fourth-order valence-corrected chi connectivity index (χ4v) is 9.41. The van der Waals surface area contributed by atoms with Gasteiger partial charge in [0.1, 0.15) is 41.2 Å². The molecule has 1 atom stereocenters. The molecule has 3 fully saturated rings. The summed E-state index contributed by atoms with van der Waals surface area (Å²) >= 11 is 0. The number of hydrogen-bond donors (Lipinski definition) is 2. The second-order valence-electron chi connectivity index (χ2n) is 16.8. The molecular formula is C46H51F3N10O5. The number of amides is 3. The van der Waals surface area contributed by atoms with E-state index in [9.17, 15) is 19.2 Å². The molecule has 3 N–H and O–H groups in total. The maximum Gasteiger partial charge on any atom is 0.406 e. The van der Waals surface area contributed by atoms with E-state index in [2.05, 4.69) is 25.1 Å². The number of benzene rings is 3. The average Bonchev–Trinajstić information content (AvgIpc) is 3.68. The Morgan fingerprint density at radius 2 is 1.64 bits per heavy atom. The molecule has 336 valence electrons. The summed E-state index contributed by atoms with van der Waals surface area (Å²) in [5.41, 5.74) is 8.07. The third kappa shape index (κ3) is 8.63. The number of likely N-dealkylation sites (tertiary alicyclic amines) is 2. The highest BCUT2D eigenvalue weighted by Crippen LogP contribution is 2.46. The van der Waals surface area contributed by atoms with Crippen LogP contribution in [0, 0.1) is 6.92 Å². The number of anilines is 2. The molecule has 5 heterocycles. The molecule has 5 aromatic rings. The number of aryl methyl sites for hydroxylation is 1. The highest BCUT2D eigenvalue weighted by atomic mass is 19.4. The first-order valence-corrected chi connectivity index (χ1v) is 21.5. The van der Waals surface area contributed by atoms with Crippen LogP contribution in [0.3, 0.4) is 0 Å². The van der Waals surface area contributed by atoms with Crippen molar-refractivity contribution in [3.8, 4) is 22.8 Å². The van der Waals surface area contributed by atoms with Crippen LogP contribution in [0.1, 0.15) is 60.5 Å². The van der Waals surface area contributed by atoms with Gasteiger partial charge in [0.15, 0.2) is 5.65 Å². The van der Waals surface area contributed by atoms with Gasteiger partial charge in [-0.05, 0) is 99.2 Å². The summed E-state index contributed by atoms with van der Waals surface area (Å²) in [6, 6.07) is 20.9. The topological polar surface area (TPSA) is 172 Å². The first-order chi connectivity index (χ1) is 30.8. The van der Waals surface area contributed by atoms with Gasteiger partial charge in [-0.1, -0.05) is 18.2 Å². The predicted octanol–water partition coefficient (Wildman–Crippen LogP) is 5.79. The lowest BCUT2D eigenvalue weighted by Crippen LogP contribution is -2.68.